The Morgan fingerprint density at radius 1 is 1.36 bits per heavy atom. The highest BCUT2D eigenvalue weighted by Gasteiger charge is 2.12. The van der Waals surface area contributed by atoms with E-state index >= 15 is 0 Å². The van der Waals surface area contributed by atoms with Crippen molar-refractivity contribution in [1.82, 2.24) is 14.6 Å². The molecule has 0 aliphatic heterocycles. The highest BCUT2D eigenvalue weighted by Crippen LogP contribution is 2.34. The Bertz CT molecular complexity index is 526. The van der Waals surface area contributed by atoms with Gasteiger partial charge in [-0.2, -0.15) is 5.10 Å². The first kappa shape index (κ1) is 9.41. The fourth-order valence-electron chi connectivity index (χ4n) is 1.30. The van der Waals surface area contributed by atoms with Crippen molar-refractivity contribution >= 4 is 18.1 Å². The van der Waals surface area contributed by atoms with Gasteiger partial charge in [-0.3, -0.25) is 0 Å². The van der Waals surface area contributed by atoms with Crippen LogP contribution in [0.4, 0.5) is 0 Å². The molecule has 2 heterocycles. The molecule has 0 N–H and O–H groups in total. The molecule has 0 aromatic carbocycles. The van der Waals surface area contributed by atoms with E-state index in [-0.39, 0.29) is 0 Å². The van der Waals surface area contributed by atoms with Gasteiger partial charge in [0, 0.05) is 11.5 Å². The largest absolute Gasteiger partial charge is 0.319 e. The number of pyridine rings is 1. The van der Waals surface area contributed by atoms with E-state index in [0.717, 1.165) is 16.8 Å². The molecule has 0 radical (unpaired) electrons. The summed E-state index contributed by atoms with van der Waals surface area (Å²) in [4.78, 5) is 4.20. The second-order valence-corrected chi connectivity index (χ2v) is 6.92. The van der Waals surface area contributed by atoms with Gasteiger partial charge in [-0.25, -0.2) is 9.50 Å². The lowest BCUT2D eigenvalue weighted by molar-refractivity contribution is 0.588. The van der Waals surface area contributed by atoms with Gasteiger partial charge in [0.05, 0.1) is 0 Å². The van der Waals surface area contributed by atoms with Crippen molar-refractivity contribution in [3.05, 3.63) is 24.2 Å². The van der Waals surface area contributed by atoms with Crippen LogP contribution in [0.1, 0.15) is 5.82 Å². The maximum absolute atomic E-state index is 11.8. The lowest BCUT2D eigenvalue weighted by atomic mass is 10.5. The maximum atomic E-state index is 11.8. The van der Waals surface area contributed by atoms with Crippen molar-refractivity contribution in [3.63, 3.8) is 0 Å². The average Bonchev–Trinajstić information content (AvgIpc) is 2.41. The number of rotatable bonds is 1. The van der Waals surface area contributed by atoms with Gasteiger partial charge in [0.15, 0.2) is 5.65 Å². The predicted octanol–water partition coefficient (Wildman–Crippen LogP) is 1.29. The van der Waals surface area contributed by atoms with Crippen LogP contribution in [0, 0.1) is 6.92 Å². The Morgan fingerprint density at radius 2 is 2.07 bits per heavy atom. The van der Waals surface area contributed by atoms with Crippen molar-refractivity contribution in [2.45, 2.75) is 6.92 Å². The Morgan fingerprint density at radius 3 is 2.71 bits per heavy atom. The smallest absolute Gasteiger partial charge is 0.155 e. The van der Waals surface area contributed by atoms with E-state index in [9.17, 15) is 4.57 Å². The first-order valence-electron chi connectivity index (χ1n) is 4.35. The molecule has 0 unspecified atom stereocenters. The summed E-state index contributed by atoms with van der Waals surface area (Å²) in [5, 5.41) is 5.00. The summed E-state index contributed by atoms with van der Waals surface area (Å²) in [7, 11) is -2.20. The van der Waals surface area contributed by atoms with Crippen molar-refractivity contribution in [1.29, 1.82) is 0 Å². The van der Waals surface area contributed by atoms with Crippen LogP contribution in [0.25, 0.3) is 5.65 Å². The second kappa shape index (κ2) is 2.92. The fourth-order valence-corrected chi connectivity index (χ4v) is 2.12. The molecule has 14 heavy (non-hydrogen) atoms. The van der Waals surface area contributed by atoms with Gasteiger partial charge < -0.3 is 4.57 Å². The van der Waals surface area contributed by atoms with E-state index in [1.807, 2.05) is 19.1 Å². The normalized spacial score (nSPS) is 12.2. The van der Waals surface area contributed by atoms with Crippen molar-refractivity contribution < 1.29 is 4.57 Å². The van der Waals surface area contributed by atoms with Crippen LogP contribution in [0.3, 0.4) is 0 Å². The predicted molar refractivity (Wildman–Crippen MR) is 56.8 cm³/mol. The van der Waals surface area contributed by atoms with Crippen molar-refractivity contribution in [2.75, 3.05) is 13.3 Å². The summed E-state index contributed by atoms with van der Waals surface area (Å²) in [6.07, 6.45) is 1.79. The lowest BCUT2D eigenvalue weighted by Gasteiger charge is -2.05. The summed E-state index contributed by atoms with van der Waals surface area (Å²) >= 11 is 0. The van der Waals surface area contributed by atoms with Gasteiger partial charge in [0.2, 0.25) is 0 Å². The highest BCUT2D eigenvalue weighted by atomic mass is 31.2. The molecule has 0 bridgehead atoms. The average molecular weight is 209 g/mol. The number of nitrogens with zero attached hydrogens (tertiary/aromatic N) is 3. The zero-order valence-corrected chi connectivity index (χ0v) is 9.32. The summed E-state index contributed by atoms with van der Waals surface area (Å²) in [6.45, 7) is 5.33. The molecule has 0 aliphatic carbocycles. The third-order valence-electron chi connectivity index (χ3n) is 2.04. The molecule has 0 saturated heterocycles. The first-order valence-corrected chi connectivity index (χ1v) is 6.95. The minimum Gasteiger partial charge on any atom is -0.319 e. The number of hydrogen-bond acceptors (Lipinski definition) is 3. The number of aromatic nitrogens is 3. The van der Waals surface area contributed by atoms with E-state index in [2.05, 4.69) is 10.1 Å². The number of hydrogen-bond donors (Lipinski definition) is 0. The van der Waals surface area contributed by atoms with Crippen LogP contribution in [0.15, 0.2) is 18.3 Å². The van der Waals surface area contributed by atoms with Crippen LogP contribution in [0.5, 0.6) is 0 Å². The van der Waals surface area contributed by atoms with E-state index in [0.29, 0.717) is 0 Å². The molecule has 2 aromatic rings. The summed E-state index contributed by atoms with van der Waals surface area (Å²) in [6, 6.07) is 3.69. The third-order valence-corrected chi connectivity index (χ3v) is 3.55. The molecule has 0 aliphatic rings. The quantitative estimate of drug-likeness (QED) is 0.665. The zero-order valence-electron chi connectivity index (χ0n) is 8.43. The molecule has 0 fully saturated rings. The topological polar surface area (TPSA) is 47.3 Å². The Hall–Kier alpha value is -1.15. The molecule has 0 saturated carbocycles. The van der Waals surface area contributed by atoms with Crippen LogP contribution in [-0.2, 0) is 4.57 Å². The monoisotopic (exact) mass is 209 g/mol. The van der Waals surface area contributed by atoms with E-state index in [1.165, 1.54) is 0 Å². The Balaban J connectivity index is 2.67. The van der Waals surface area contributed by atoms with Gasteiger partial charge >= 0.3 is 0 Å². The third kappa shape index (κ3) is 1.58. The molecule has 2 rings (SSSR count). The van der Waals surface area contributed by atoms with Gasteiger partial charge in [0.25, 0.3) is 0 Å². The zero-order chi connectivity index (χ0) is 10.3. The van der Waals surface area contributed by atoms with Crippen LogP contribution in [-0.4, -0.2) is 27.9 Å². The van der Waals surface area contributed by atoms with E-state index in [1.54, 1.807) is 24.0 Å². The summed E-state index contributed by atoms with van der Waals surface area (Å²) < 4.78 is 13.5. The summed E-state index contributed by atoms with van der Waals surface area (Å²) in [5.74, 6) is 0.726. The highest BCUT2D eigenvalue weighted by molar-refractivity contribution is 7.70. The molecule has 5 heteroatoms. The molecule has 0 spiro atoms. The standard InChI is InChI=1S/C9H12N3OP/c1-7-10-9-5-4-8(14(2,3)13)6-12(9)11-7/h4-6H,1-3H3. The minimum atomic E-state index is -2.20. The second-order valence-electron chi connectivity index (χ2n) is 3.70. The van der Waals surface area contributed by atoms with Crippen molar-refractivity contribution in [2.24, 2.45) is 0 Å². The van der Waals surface area contributed by atoms with Gasteiger partial charge in [0.1, 0.15) is 13.0 Å². The maximum Gasteiger partial charge on any atom is 0.155 e. The Labute approximate surface area is 82.3 Å². The van der Waals surface area contributed by atoms with Crippen LogP contribution < -0.4 is 5.30 Å². The molecule has 0 atom stereocenters. The first-order chi connectivity index (χ1) is 6.47. The SMILES string of the molecule is Cc1nc2ccc(P(C)(C)=O)cn2n1. The van der Waals surface area contributed by atoms with Crippen LogP contribution in [0.2, 0.25) is 0 Å². The van der Waals surface area contributed by atoms with E-state index in [4.69, 9.17) is 0 Å². The molecule has 0 amide bonds. The van der Waals surface area contributed by atoms with Gasteiger partial charge in [-0.05, 0) is 32.4 Å². The number of aryl methyl sites for hydroxylation is 1. The Kier molecular flexibility index (Phi) is 1.96. The van der Waals surface area contributed by atoms with Gasteiger partial charge in [-0.15, -0.1) is 0 Å². The van der Waals surface area contributed by atoms with Gasteiger partial charge in [-0.1, -0.05) is 0 Å². The fraction of sp³-hybridized carbons (Fsp3) is 0.333. The molecular formula is C9H12N3OP. The lowest BCUT2D eigenvalue weighted by Crippen LogP contribution is -2.05. The van der Waals surface area contributed by atoms with E-state index < -0.39 is 7.14 Å². The molecule has 74 valence electrons. The molecular weight excluding hydrogens is 197 g/mol. The van der Waals surface area contributed by atoms with Crippen molar-refractivity contribution in [3.8, 4) is 0 Å². The molecule has 2 aromatic heterocycles. The minimum absolute atomic E-state index is 0.726. The van der Waals surface area contributed by atoms with Crippen LogP contribution >= 0.6 is 7.14 Å². The molecule has 4 nitrogen and oxygen atoms in total. The number of fused-ring (bicyclic) bond motifs is 1. The summed E-state index contributed by atoms with van der Waals surface area (Å²) in [5.41, 5.74) is 0.791.